The highest BCUT2D eigenvalue weighted by Crippen LogP contribution is 2.23. The average Bonchev–Trinajstić information content (AvgIpc) is 2.03. The van der Waals surface area contributed by atoms with Crippen LogP contribution in [-0.4, -0.2) is 34.8 Å². The fourth-order valence-electron chi connectivity index (χ4n) is 0.875. The second-order valence-electron chi connectivity index (χ2n) is 4.26. The fraction of sp³-hybridized carbons (Fsp3) is 1.00. The summed E-state index contributed by atoms with van der Waals surface area (Å²) in [6, 6.07) is 0.254. The van der Waals surface area contributed by atoms with Crippen molar-refractivity contribution < 1.29 is 5.11 Å². The van der Waals surface area contributed by atoms with Crippen LogP contribution in [0.2, 0.25) is 0 Å². The molecule has 0 fully saturated rings. The van der Waals surface area contributed by atoms with Gasteiger partial charge in [0.2, 0.25) is 0 Å². The summed E-state index contributed by atoms with van der Waals surface area (Å²) in [5.74, 6) is 0.986. The van der Waals surface area contributed by atoms with Gasteiger partial charge in [-0.05, 0) is 13.0 Å². The van der Waals surface area contributed by atoms with Crippen LogP contribution in [0.25, 0.3) is 0 Å². The molecular weight excluding hydrogens is 182 g/mol. The number of aliphatic hydroxyl groups excluding tert-OH is 1. The van der Waals surface area contributed by atoms with Gasteiger partial charge in [-0.15, -0.1) is 0 Å². The van der Waals surface area contributed by atoms with Gasteiger partial charge < -0.3 is 10.4 Å². The average molecular weight is 205 g/mol. The van der Waals surface area contributed by atoms with E-state index in [-0.39, 0.29) is 12.6 Å². The lowest BCUT2D eigenvalue weighted by molar-refractivity contribution is 0.254. The number of hydrogen-bond acceptors (Lipinski definition) is 3. The van der Waals surface area contributed by atoms with Gasteiger partial charge in [0.25, 0.3) is 0 Å². The van der Waals surface area contributed by atoms with Gasteiger partial charge in [0.1, 0.15) is 0 Å². The Morgan fingerprint density at radius 1 is 1.38 bits per heavy atom. The predicted molar refractivity (Wildman–Crippen MR) is 61.4 cm³/mol. The van der Waals surface area contributed by atoms with Gasteiger partial charge in [-0.2, -0.15) is 11.8 Å². The molecule has 3 heteroatoms. The largest absolute Gasteiger partial charge is 0.395 e. The maximum Gasteiger partial charge on any atom is 0.0592 e. The quantitative estimate of drug-likeness (QED) is 0.694. The third-order valence-electron chi connectivity index (χ3n) is 1.62. The minimum atomic E-state index is 0.239. The highest BCUT2D eigenvalue weighted by Gasteiger charge is 2.14. The molecule has 13 heavy (non-hydrogen) atoms. The minimum Gasteiger partial charge on any atom is -0.395 e. The Labute approximate surface area is 86.5 Å². The van der Waals surface area contributed by atoms with Crippen molar-refractivity contribution in [3.63, 3.8) is 0 Å². The van der Waals surface area contributed by atoms with E-state index in [0.717, 1.165) is 18.7 Å². The van der Waals surface area contributed by atoms with Crippen molar-refractivity contribution in [3.05, 3.63) is 0 Å². The van der Waals surface area contributed by atoms with Crippen molar-refractivity contribution in [3.8, 4) is 0 Å². The third-order valence-corrected chi connectivity index (χ3v) is 3.06. The van der Waals surface area contributed by atoms with Gasteiger partial charge in [-0.3, -0.25) is 0 Å². The summed E-state index contributed by atoms with van der Waals surface area (Å²) in [7, 11) is 0. The van der Waals surface area contributed by atoms with Gasteiger partial charge in [-0.1, -0.05) is 27.7 Å². The van der Waals surface area contributed by atoms with E-state index >= 15 is 0 Å². The fourth-order valence-corrected chi connectivity index (χ4v) is 1.80. The smallest absolute Gasteiger partial charge is 0.0592 e. The zero-order chi connectivity index (χ0) is 10.3. The first kappa shape index (κ1) is 13.3. The molecule has 2 nitrogen and oxygen atoms in total. The van der Waals surface area contributed by atoms with Gasteiger partial charge in [0.05, 0.1) is 6.61 Å². The molecule has 0 aliphatic carbocycles. The summed E-state index contributed by atoms with van der Waals surface area (Å²) in [6.07, 6.45) is 1.12. The number of aliphatic hydroxyl groups is 1. The number of rotatable bonds is 6. The molecular formula is C10H23NOS. The molecule has 0 saturated carbocycles. The molecule has 0 heterocycles. The number of nitrogens with one attached hydrogen (secondary N) is 1. The Bertz CT molecular complexity index is 123. The molecule has 2 N–H and O–H groups in total. The lowest BCUT2D eigenvalue weighted by Crippen LogP contribution is -2.36. The van der Waals surface area contributed by atoms with Crippen LogP contribution in [0.3, 0.4) is 0 Å². The standard InChI is InChI=1S/C10H23NOS/c1-5-6-11-9(7-12)8-13-10(2,3)4/h9,11-12H,5-8H2,1-4H3. The van der Waals surface area contributed by atoms with E-state index in [9.17, 15) is 0 Å². The van der Waals surface area contributed by atoms with Crippen LogP contribution >= 0.6 is 11.8 Å². The normalized spacial score (nSPS) is 14.5. The van der Waals surface area contributed by atoms with Crippen LogP contribution in [0.1, 0.15) is 34.1 Å². The molecule has 0 aromatic carbocycles. The number of hydrogen-bond donors (Lipinski definition) is 2. The summed E-state index contributed by atoms with van der Waals surface area (Å²) in [5.41, 5.74) is 0. The molecule has 0 aliphatic rings. The van der Waals surface area contributed by atoms with Crippen molar-refractivity contribution in [2.24, 2.45) is 0 Å². The summed E-state index contributed by atoms with van der Waals surface area (Å²) in [4.78, 5) is 0. The van der Waals surface area contributed by atoms with E-state index < -0.39 is 0 Å². The molecule has 0 aromatic rings. The predicted octanol–water partition coefficient (Wildman–Crippen LogP) is 1.88. The van der Waals surface area contributed by atoms with Crippen LogP contribution < -0.4 is 5.32 Å². The highest BCUT2D eigenvalue weighted by molar-refractivity contribution is 8.00. The molecule has 0 spiro atoms. The van der Waals surface area contributed by atoms with Crippen molar-refractivity contribution in [1.82, 2.24) is 5.32 Å². The lowest BCUT2D eigenvalue weighted by atomic mass is 10.3. The van der Waals surface area contributed by atoms with E-state index in [2.05, 4.69) is 33.0 Å². The van der Waals surface area contributed by atoms with Gasteiger partial charge >= 0.3 is 0 Å². The van der Waals surface area contributed by atoms with Crippen molar-refractivity contribution in [2.75, 3.05) is 18.9 Å². The maximum absolute atomic E-state index is 9.07. The van der Waals surface area contributed by atoms with Crippen LogP contribution in [-0.2, 0) is 0 Å². The Balaban J connectivity index is 3.59. The molecule has 0 aromatic heterocycles. The van der Waals surface area contributed by atoms with Crippen LogP contribution in [0.4, 0.5) is 0 Å². The first-order chi connectivity index (χ1) is 5.99. The Morgan fingerprint density at radius 3 is 2.38 bits per heavy atom. The first-order valence-electron chi connectivity index (χ1n) is 4.97. The van der Waals surface area contributed by atoms with E-state index in [4.69, 9.17) is 5.11 Å². The van der Waals surface area contributed by atoms with Crippen molar-refractivity contribution in [2.45, 2.75) is 44.9 Å². The minimum absolute atomic E-state index is 0.239. The van der Waals surface area contributed by atoms with E-state index in [1.807, 2.05) is 11.8 Å². The zero-order valence-electron chi connectivity index (χ0n) is 9.26. The molecule has 0 radical (unpaired) electrons. The van der Waals surface area contributed by atoms with E-state index in [1.54, 1.807) is 0 Å². The monoisotopic (exact) mass is 205 g/mol. The molecule has 0 aliphatic heterocycles. The second kappa shape index (κ2) is 6.68. The maximum atomic E-state index is 9.07. The van der Waals surface area contributed by atoms with Crippen molar-refractivity contribution >= 4 is 11.8 Å². The lowest BCUT2D eigenvalue weighted by Gasteiger charge is -2.22. The van der Waals surface area contributed by atoms with Crippen LogP contribution in [0, 0.1) is 0 Å². The van der Waals surface area contributed by atoms with Gasteiger partial charge in [0.15, 0.2) is 0 Å². The third kappa shape index (κ3) is 8.60. The Morgan fingerprint density at radius 2 is 2.00 bits per heavy atom. The molecule has 0 rings (SSSR count). The summed E-state index contributed by atoms with van der Waals surface area (Å²) in [5, 5.41) is 12.4. The Hall–Kier alpha value is 0.270. The second-order valence-corrected chi connectivity index (χ2v) is 6.10. The molecule has 1 unspecified atom stereocenters. The molecule has 1 atom stereocenters. The Kier molecular flexibility index (Phi) is 6.82. The molecule has 0 bridgehead atoms. The first-order valence-corrected chi connectivity index (χ1v) is 5.96. The summed E-state index contributed by atoms with van der Waals surface area (Å²) in [6.45, 7) is 9.97. The van der Waals surface area contributed by atoms with E-state index in [0.29, 0.717) is 4.75 Å². The molecule has 80 valence electrons. The zero-order valence-corrected chi connectivity index (χ0v) is 10.1. The topological polar surface area (TPSA) is 32.3 Å². The summed E-state index contributed by atoms with van der Waals surface area (Å²) < 4.78 is 0.293. The van der Waals surface area contributed by atoms with E-state index in [1.165, 1.54) is 0 Å². The van der Waals surface area contributed by atoms with Crippen molar-refractivity contribution in [1.29, 1.82) is 0 Å². The van der Waals surface area contributed by atoms with Crippen LogP contribution in [0.5, 0.6) is 0 Å². The van der Waals surface area contributed by atoms with Gasteiger partial charge in [0, 0.05) is 16.5 Å². The highest BCUT2D eigenvalue weighted by atomic mass is 32.2. The molecule has 0 saturated heterocycles. The molecule has 0 amide bonds. The van der Waals surface area contributed by atoms with Gasteiger partial charge in [-0.25, -0.2) is 0 Å². The SMILES string of the molecule is CCCNC(CO)CSC(C)(C)C. The number of thioether (sulfide) groups is 1. The van der Waals surface area contributed by atoms with Crippen LogP contribution in [0.15, 0.2) is 0 Å². The summed E-state index contributed by atoms with van der Waals surface area (Å²) >= 11 is 1.89.